The molecule has 1 aliphatic heterocycles. The van der Waals surface area contributed by atoms with Gasteiger partial charge in [0, 0.05) is 34.3 Å². The van der Waals surface area contributed by atoms with E-state index in [0.29, 0.717) is 26.4 Å². The van der Waals surface area contributed by atoms with E-state index in [2.05, 4.69) is 17.3 Å². The van der Waals surface area contributed by atoms with Crippen molar-refractivity contribution in [1.82, 2.24) is 20.2 Å². The van der Waals surface area contributed by atoms with Gasteiger partial charge in [0.05, 0.1) is 16.4 Å². The summed E-state index contributed by atoms with van der Waals surface area (Å²) in [5.41, 5.74) is 6.42. The second-order valence-electron chi connectivity index (χ2n) is 7.33. The molecular formula is C23H27BCl3N4O-. The third-order valence-corrected chi connectivity index (χ3v) is 6.00. The van der Waals surface area contributed by atoms with Crippen LogP contribution in [-0.2, 0) is 0 Å². The molecule has 0 spiro atoms. The lowest BCUT2D eigenvalue weighted by Crippen LogP contribution is -2.45. The average Bonchev–Trinajstić information content (AvgIpc) is 3.13. The van der Waals surface area contributed by atoms with E-state index in [1.807, 2.05) is 36.2 Å². The Hall–Kier alpha value is -1.99. The molecule has 0 bridgehead atoms. The predicted octanol–water partition coefficient (Wildman–Crippen LogP) is 5.34. The first-order valence-electron chi connectivity index (χ1n) is 9.81. The van der Waals surface area contributed by atoms with E-state index in [9.17, 15) is 4.79 Å². The zero-order valence-electron chi connectivity index (χ0n) is 17.5. The van der Waals surface area contributed by atoms with Crippen LogP contribution in [0.15, 0.2) is 42.5 Å². The molecule has 1 fully saturated rings. The number of nitrogens with one attached hydrogen (secondary N) is 1. The summed E-state index contributed by atoms with van der Waals surface area (Å²) in [6.45, 7) is 5.83. The fourth-order valence-electron chi connectivity index (χ4n) is 3.69. The molecule has 1 aliphatic rings. The van der Waals surface area contributed by atoms with E-state index in [1.165, 1.54) is 6.42 Å². The summed E-state index contributed by atoms with van der Waals surface area (Å²) >= 11 is 18.6. The van der Waals surface area contributed by atoms with Gasteiger partial charge in [-0.15, -0.1) is 0 Å². The highest BCUT2D eigenvalue weighted by molar-refractivity contribution is 6.35. The number of hydrazine groups is 1. The molecule has 5 nitrogen and oxygen atoms in total. The Morgan fingerprint density at radius 2 is 1.59 bits per heavy atom. The highest BCUT2D eigenvalue weighted by atomic mass is 35.5. The summed E-state index contributed by atoms with van der Waals surface area (Å²) in [7, 11) is 0.750. The monoisotopic (exact) mass is 491 g/mol. The number of piperidine rings is 1. The summed E-state index contributed by atoms with van der Waals surface area (Å²) in [5, 5.41) is 8.22. The van der Waals surface area contributed by atoms with Crippen molar-refractivity contribution in [2.75, 3.05) is 13.1 Å². The van der Waals surface area contributed by atoms with Crippen molar-refractivity contribution in [2.45, 2.75) is 33.0 Å². The maximum absolute atomic E-state index is 13.1. The molecule has 2 heterocycles. The van der Waals surface area contributed by atoms with Crippen LogP contribution in [0.5, 0.6) is 0 Å². The molecule has 0 aliphatic carbocycles. The third kappa shape index (κ3) is 5.49. The van der Waals surface area contributed by atoms with Gasteiger partial charge < -0.3 is 0 Å². The van der Waals surface area contributed by atoms with E-state index in [4.69, 9.17) is 34.8 Å². The molecule has 1 aromatic heterocycles. The lowest BCUT2D eigenvalue weighted by molar-refractivity contribution is 0.0743. The first kappa shape index (κ1) is 24.7. The number of benzene rings is 2. The Morgan fingerprint density at radius 3 is 2.22 bits per heavy atom. The van der Waals surface area contributed by atoms with Crippen LogP contribution in [0.1, 0.15) is 35.3 Å². The van der Waals surface area contributed by atoms with Gasteiger partial charge in [-0.25, -0.2) is 9.69 Å². The summed E-state index contributed by atoms with van der Waals surface area (Å²) in [6.07, 6.45) is 3.34. The predicted molar refractivity (Wildman–Crippen MR) is 137 cm³/mol. The molecule has 0 saturated carbocycles. The zero-order chi connectivity index (χ0) is 23.3. The molecule has 170 valence electrons. The van der Waals surface area contributed by atoms with Gasteiger partial charge in [-0.3, -0.25) is 10.2 Å². The first-order valence-corrected chi connectivity index (χ1v) is 10.9. The van der Waals surface area contributed by atoms with Crippen LogP contribution in [0, 0.1) is 6.92 Å². The Labute approximate surface area is 205 Å². The number of amides is 1. The molecule has 4 rings (SSSR count). The molecule has 9 heteroatoms. The van der Waals surface area contributed by atoms with Crippen LogP contribution in [0.3, 0.4) is 0 Å². The van der Waals surface area contributed by atoms with Crippen LogP contribution in [-0.4, -0.2) is 41.6 Å². The number of rotatable bonds is 4. The smallest absolute Gasteiger partial charge is 0.283 e. The normalized spacial score (nSPS) is 13.9. The molecule has 0 atom stereocenters. The summed E-state index contributed by atoms with van der Waals surface area (Å²) in [5.74, 6) is -0.228. The standard InChI is InChI=1S/C22H21Cl3N4O.CH6B/c1-14-20(22(30)27-28-11-3-2-4-12-28)26-29(19-10-9-17(24)13-18(19)25)21(14)15-5-7-16(23)8-6-15;1-2/h5-10,13H,2-4,11-12H2,1H3,(H,27,30);1-2H3/q;-1. The second-order valence-corrected chi connectivity index (χ2v) is 8.61. The molecule has 0 unspecified atom stereocenters. The number of carbonyl (C=O) groups is 1. The highest BCUT2D eigenvalue weighted by Gasteiger charge is 2.24. The maximum atomic E-state index is 13.1. The maximum Gasteiger partial charge on any atom is 0.286 e. The SMILES string of the molecule is Cc1c(C(=O)NN2CCCCC2)nn(-c2ccc(Cl)cc2Cl)c1-c1ccc(Cl)cc1.[BH3-]C. The lowest BCUT2D eigenvalue weighted by Gasteiger charge is -2.26. The second kappa shape index (κ2) is 11.2. The van der Waals surface area contributed by atoms with Crippen molar-refractivity contribution in [1.29, 1.82) is 0 Å². The Balaban J connectivity index is 0.00000141. The number of halogens is 3. The van der Waals surface area contributed by atoms with Gasteiger partial charge in [0.1, 0.15) is 0 Å². The minimum absolute atomic E-state index is 0.228. The van der Waals surface area contributed by atoms with E-state index >= 15 is 0 Å². The lowest BCUT2D eigenvalue weighted by atomic mass is 10.1. The molecule has 1 N–H and O–H groups in total. The number of hydrogen-bond acceptors (Lipinski definition) is 3. The van der Waals surface area contributed by atoms with Crippen LogP contribution in [0.2, 0.25) is 21.9 Å². The van der Waals surface area contributed by atoms with Crippen molar-refractivity contribution in [2.24, 2.45) is 0 Å². The molecule has 0 radical (unpaired) electrons. The quantitative estimate of drug-likeness (QED) is 0.500. The third-order valence-electron chi connectivity index (χ3n) is 5.21. The van der Waals surface area contributed by atoms with Gasteiger partial charge in [-0.05, 0) is 50.1 Å². The van der Waals surface area contributed by atoms with Gasteiger partial charge in [-0.2, -0.15) is 11.9 Å². The van der Waals surface area contributed by atoms with Crippen LogP contribution in [0.4, 0.5) is 0 Å². The topological polar surface area (TPSA) is 50.2 Å². The van der Waals surface area contributed by atoms with Crippen LogP contribution >= 0.6 is 34.8 Å². The molecule has 3 aromatic rings. The fraction of sp³-hybridized carbons (Fsp3) is 0.304. The highest BCUT2D eigenvalue weighted by Crippen LogP contribution is 2.33. The molecule has 1 amide bonds. The largest absolute Gasteiger partial charge is 0.286 e. The average molecular weight is 493 g/mol. The Kier molecular flexibility index (Phi) is 8.66. The summed E-state index contributed by atoms with van der Waals surface area (Å²) in [6, 6.07) is 12.6. The van der Waals surface area contributed by atoms with E-state index in [0.717, 1.165) is 50.6 Å². The number of carbonyl (C=O) groups excluding carboxylic acids is 1. The van der Waals surface area contributed by atoms with Gasteiger partial charge in [-0.1, -0.05) is 61.2 Å². The van der Waals surface area contributed by atoms with Crippen molar-refractivity contribution in [3.8, 4) is 16.9 Å². The minimum atomic E-state index is -0.228. The van der Waals surface area contributed by atoms with Crippen molar-refractivity contribution in [3.63, 3.8) is 0 Å². The number of aromatic nitrogens is 2. The first-order chi connectivity index (χ1) is 15.4. The molecule has 32 heavy (non-hydrogen) atoms. The van der Waals surface area contributed by atoms with E-state index in [1.54, 1.807) is 22.9 Å². The van der Waals surface area contributed by atoms with Crippen LogP contribution in [0.25, 0.3) is 16.9 Å². The molecule has 1 saturated heterocycles. The molecular weight excluding hydrogens is 465 g/mol. The van der Waals surface area contributed by atoms with Crippen molar-refractivity contribution < 1.29 is 4.79 Å². The van der Waals surface area contributed by atoms with Crippen LogP contribution < -0.4 is 5.43 Å². The Morgan fingerprint density at radius 1 is 0.969 bits per heavy atom. The Bertz CT molecular complexity index is 1080. The minimum Gasteiger partial charge on any atom is -0.283 e. The van der Waals surface area contributed by atoms with E-state index in [-0.39, 0.29) is 5.91 Å². The van der Waals surface area contributed by atoms with Crippen molar-refractivity contribution >= 4 is 48.6 Å². The summed E-state index contributed by atoms with van der Waals surface area (Å²) in [4.78, 5) is 13.1. The number of hydrogen-bond donors (Lipinski definition) is 1. The van der Waals surface area contributed by atoms with Gasteiger partial charge in [0.25, 0.3) is 5.91 Å². The zero-order valence-corrected chi connectivity index (χ0v) is 19.7. The van der Waals surface area contributed by atoms with Crippen molar-refractivity contribution in [3.05, 3.63) is 68.8 Å². The summed E-state index contributed by atoms with van der Waals surface area (Å²) < 4.78 is 1.70. The van der Waals surface area contributed by atoms with E-state index < -0.39 is 0 Å². The van der Waals surface area contributed by atoms with Gasteiger partial charge in [0.15, 0.2) is 5.69 Å². The fourth-order valence-corrected chi connectivity index (χ4v) is 4.30. The molecule has 2 aromatic carbocycles. The van der Waals surface area contributed by atoms with Gasteiger partial charge in [0.2, 0.25) is 0 Å². The van der Waals surface area contributed by atoms with Gasteiger partial charge >= 0.3 is 0 Å². The number of nitrogens with zero attached hydrogens (tertiary/aromatic N) is 3.